The van der Waals surface area contributed by atoms with Crippen LogP contribution >= 0.6 is 0 Å². The van der Waals surface area contributed by atoms with Gasteiger partial charge in [0.15, 0.2) is 0 Å². The number of hydrogen-bond donors (Lipinski definition) is 4. The van der Waals surface area contributed by atoms with Crippen molar-refractivity contribution in [2.75, 3.05) is 19.6 Å². The number of carbonyl (C=O) groups excluding carboxylic acids is 1. The van der Waals surface area contributed by atoms with Gasteiger partial charge >= 0.3 is 12.0 Å². The third-order valence-corrected chi connectivity index (χ3v) is 1.70. The summed E-state index contributed by atoms with van der Waals surface area (Å²) in [7, 11) is 0. The van der Waals surface area contributed by atoms with Gasteiger partial charge in [0.25, 0.3) is 0 Å². The minimum absolute atomic E-state index is 0.0821. The van der Waals surface area contributed by atoms with E-state index in [1.54, 1.807) is 13.8 Å². The molecular formula is C8H17N3O3. The minimum atomic E-state index is -0.958. The van der Waals surface area contributed by atoms with Crippen molar-refractivity contribution >= 4 is 12.0 Å². The summed E-state index contributed by atoms with van der Waals surface area (Å²) in [5.41, 5.74) is 4.21. The lowest BCUT2D eigenvalue weighted by Crippen LogP contribution is -2.44. The van der Waals surface area contributed by atoms with Gasteiger partial charge in [0.05, 0.1) is 5.41 Å². The van der Waals surface area contributed by atoms with Crippen LogP contribution in [0.2, 0.25) is 0 Å². The number of aliphatic carboxylic acids is 1. The molecule has 0 aliphatic carbocycles. The summed E-state index contributed by atoms with van der Waals surface area (Å²) in [6.07, 6.45) is 0. The summed E-state index contributed by atoms with van der Waals surface area (Å²) in [4.78, 5) is 21.7. The molecule has 0 aliphatic rings. The highest BCUT2D eigenvalue weighted by atomic mass is 16.4. The zero-order valence-electron chi connectivity index (χ0n) is 8.46. The normalized spacial score (nSPS) is 10.8. The van der Waals surface area contributed by atoms with Crippen molar-refractivity contribution in [2.45, 2.75) is 13.8 Å². The van der Waals surface area contributed by atoms with Gasteiger partial charge in [0.1, 0.15) is 0 Å². The van der Waals surface area contributed by atoms with E-state index in [0.717, 1.165) is 0 Å². The monoisotopic (exact) mass is 203 g/mol. The van der Waals surface area contributed by atoms with Crippen LogP contribution in [-0.4, -0.2) is 36.7 Å². The minimum Gasteiger partial charge on any atom is -0.481 e. The summed E-state index contributed by atoms with van der Waals surface area (Å²) < 4.78 is 0. The predicted molar refractivity (Wildman–Crippen MR) is 51.9 cm³/mol. The molecule has 6 heteroatoms. The highest BCUT2D eigenvalue weighted by molar-refractivity contribution is 5.77. The molecule has 6 nitrogen and oxygen atoms in total. The molecule has 0 saturated heterocycles. The highest BCUT2D eigenvalue weighted by Gasteiger charge is 2.27. The first-order valence-corrected chi connectivity index (χ1v) is 4.35. The van der Waals surface area contributed by atoms with Crippen molar-refractivity contribution in [3.8, 4) is 0 Å². The number of nitrogens with one attached hydrogen (secondary N) is 2. The molecule has 0 aromatic heterocycles. The zero-order valence-corrected chi connectivity index (χ0v) is 8.46. The Bertz CT molecular complexity index is 216. The van der Waals surface area contributed by atoms with Gasteiger partial charge in [-0.25, -0.2) is 4.79 Å². The van der Waals surface area contributed by atoms with E-state index >= 15 is 0 Å². The fourth-order valence-corrected chi connectivity index (χ4v) is 0.625. The fraction of sp³-hybridized carbons (Fsp3) is 0.750. The van der Waals surface area contributed by atoms with E-state index < -0.39 is 17.4 Å². The lowest BCUT2D eigenvalue weighted by atomic mass is 9.94. The van der Waals surface area contributed by atoms with Crippen LogP contribution in [0.25, 0.3) is 0 Å². The molecule has 0 saturated carbocycles. The maximum Gasteiger partial charge on any atom is 0.314 e. The van der Waals surface area contributed by atoms with E-state index in [1.807, 2.05) is 0 Å². The van der Waals surface area contributed by atoms with Gasteiger partial charge in [-0.3, -0.25) is 4.79 Å². The SMILES string of the molecule is CC(C)(CNC(=O)NCCN)C(=O)O. The molecule has 0 rings (SSSR count). The summed E-state index contributed by atoms with van der Waals surface area (Å²) in [6.45, 7) is 3.89. The number of carbonyl (C=O) groups is 2. The maximum atomic E-state index is 11.0. The third-order valence-electron chi connectivity index (χ3n) is 1.70. The molecule has 0 spiro atoms. The second-order valence-electron chi connectivity index (χ2n) is 3.59. The number of carboxylic acids is 1. The van der Waals surface area contributed by atoms with Gasteiger partial charge in [0.2, 0.25) is 0 Å². The van der Waals surface area contributed by atoms with Crippen molar-refractivity contribution in [3.05, 3.63) is 0 Å². The number of urea groups is 1. The molecule has 0 aromatic rings. The molecule has 14 heavy (non-hydrogen) atoms. The Morgan fingerprint density at radius 2 is 1.93 bits per heavy atom. The summed E-state index contributed by atoms with van der Waals surface area (Å²) >= 11 is 0. The number of hydrogen-bond acceptors (Lipinski definition) is 3. The Labute approximate surface area is 82.9 Å². The molecule has 0 bridgehead atoms. The van der Waals surface area contributed by atoms with Crippen LogP contribution in [0.5, 0.6) is 0 Å². The second-order valence-corrected chi connectivity index (χ2v) is 3.59. The van der Waals surface area contributed by atoms with Crippen molar-refractivity contribution in [3.63, 3.8) is 0 Å². The van der Waals surface area contributed by atoms with E-state index in [0.29, 0.717) is 13.1 Å². The van der Waals surface area contributed by atoms with E-state index in [2.05, 4.69) is 10.6 Å². The van der Waals surface area contributed by atoms with Gasteiger partial charge in [-0.15, -0.1) is 0 Å². The second kappa shape index (κ2) is 5.43. The van der Waals surface area contributed by atoms with Gasteiger partial charge < -0.3 is 21.5 Å². The number of carboxylic acid groups (broad SMARTS) is 1. The number of rotatable bonds is 5. The first-order valence-electron chi connectivity index (χ1n) is 4.35. The fourth-order valence-electron chi connectivity index (χ4n) is 0.625. The highest BCUT2D eigenvalue weighted by Crippen LogP contribution is 2.12. The Morgan fingerprint density at radius 3 is 2.36 bits per heavy atom. The summed E-state index contributed by atoms with van der Waals surface area (Å²) in [6, 6.07) is -0.398. The Morgan fingerprint density at radius 1 is 1.36 bits per heavy atom. The maximum absolute atomic E-state index is 11.0. The van der Waals surface area contributed by atoms with Gasteiger partial charge in [-0.1, -0.05) is 0 Å². The van der Waals surface area contributed by atoms with Gasteiger partial charge in [0, 0.05) is 19.6 Å². The summed E-state index contributed by atoms with van der Waals surface area (Å²) in [5, 5.41) is 13.7. The van der Waals surface area contributed by atoms with Crippen LogP contribution < -0.4 is 16.4 Å². The molecule has 0 aliphatic heterocycles. The molecule has 0 unspecified atom stereocenters. The smallest absolute Gasteiger partial charge is 0.314 e. The van der Waals surface area contributed by atoms with Crippen molar-refractivity contribution in [1.29, 1.82) is 0 Å². The lowest BCUT2D eigenvalue weighted by molar-refractivity contribution is -0.146. The molecule has 0 heterocycles. The quantitative estimate of drug-likeness (QED) is 0.476. The predicted octanol–water partition coefficient (Wildman–Crippen LogP) is -0.645. The van der Waals surface area contributed by atoms with Crippen LogP contribution in [0.15, 0.2) is 0 Å². The van der Waals surface area contributed by atoms with E-state index in [-0.39, 0.29) is 6.54 Å². The average Bonchev–Trinajstić information content (AvgIpc) is 2.11. The van der Waals surface area contributed by atoms with Crippen LogP contribution in [0, 0.1) is 5.41 Å². The van der Waals surface area contributed by atoms with Gasteiger partial charge in [-0.2, -0.15) is 0 Å². The van der Waals surface area contributed by atoms with E-state index in [4.69, 9.17) is 10.8 Å². The topological polar surface area (TPSA) is 104 Å². The Kier molecular flexibility index (Phi) is 4.93. The van der Waals surface area contributed by atoms with Crippen LogP contribution in [0.4, 0.5) is 4.79 Å². The molecular weight excluding hydrogens is 186 g/mol. The van der Waals surface area contributed by atoms with Gasteiger partial charge in [-0.05, 0) is 13.8 Å². The molecule has 2 amide bonds. The van der Waals surface area contributed by atoms with Crippen molar-refractivity contribution in [1.82, 2.24) is 10.6 Å². The first-order chi connectivity index (χ1) is 6.40. The van der Waals surface area contributed by atoms with Crippen molar-refractivity contribution in [2.24, 2.45) is 11.1 Å². The van der Waals surface area contributed by atoms with Crippen LogP contribution in [0.3, 0.4) is 0 Å². The van der Waals surface area contributed by atoms with E-state index in [9.17, 15) is 9.59 Å². The first kappa shape index (κ1) is 12.7. The average molecular weight is 203 g/mol. The van der Waals surface area contributed by atoms with Crippen LogP contribution in [0.1, 0.15) is 13.8 Å². The Hall–Kier alpha value is -1.30. The van der Waals surface area contributed by atoms with E-state index in [1.165, 1.54) is 0 Å². The number of amides is 2. The lowest BCUT2D eigenvalue weighted by Gasteiger charge is -2.19. The summed E-state index contributed by atoms with van der Waals surface area (Å²) in [5.74, 6) is -0.948. The van der Waals surface area contributed by atoms with Crippen molar-refractivity contribution < 1.29 is 14.7 Å². The molecule has 5 N–H and O–H groups in total. The van der Waals surface area contributed by atoms with Crippen LogP contribution in [-0.2, 0) is 4.79 Å². The molecule has 82 valence electrons. The molecule has 0 aromatic carbocycles. The standard InChI is InChI=1S/C8H17N3O3/c1-8(2,6(12)13)5-11-7(14)10-4-3-9/h3-5,9H2,1-2H3,(H,12,13)(H2,10,11,14). The molecule has 0 fully saturated rings. The Balaban J connectivity index is 3.82. The number of nitrogens with two attached hydrogens (primary N) is 1. The molecule has 0 atom stereocenters. The molecule has 0 radical (unpaired) electrons. The third kappa shape index (κ3) is 4.66. The zero-order chi connectivity index (χ0) is 11.2. The largest absolute Gasteiger partial charge is 0.481 e.